The molecule has 0 aliphatic heterocycles. The SMILES string of the molecule is Cc1ccccc1S(=O)(=O)Nc1ccc2ccccc2c1. The molecule has 21 heavy (non-hydrogen) atoms. The van der Waals surface area contributed by atoms with E-state index < -0.39 is 10.0 Å². The van der Waals surface area contributed by atoms with Crippen LogP contribution in [0.15, 0.2) is 71.6 Å². The number of hydrogen-bond acceptors (Lipinski definition) is 2. The Morgan fingerprint density at radius 1 is 0.810 bits per heavy atom. The Labute approximate surface area is 124 Å². The largest absolute Gasteiger partial charge is 0.280 e. The molecule has 3 nitrogen and oxygen atoms in total. The first-order chi connectivity index (χ1) is 10.1. The van der Waals surface area contributed by atoms with Crippen molar-refractivity contribution >= 4 is 26.5 Å². The van der Waals surface area contributed by atoms with E-state index in [4.69, 9.17) is 0 Å². The van der Waals surface area contributed by atoms with Crippen LogP contribution >= 0.6 is 0 Å². The number of nitrogens with one attached hydrogen (secondary N) is 1. The zero-order valence-corrected chi connectivity index (χ0v) is 12.4. The fraction of sp³-hybridized carbons (Fsp3) is 0.0588. The number of aryl methyl sites for hydroxylation is 1. The lowest BCUT2D eigenvalue weighted by atomic mass is 10.1. The Morgan fingerprint density at radius 3 is 2.24 bits per heavy atom. The molecule has 1 N–H and O–H groups in total. The van der Waals surface area contributed by atoms with Gasteiger partial charge in [0.15, 0.2) is 0 Å². The molecule has 0 aliphatic rings. The number of fused-ring (bicyclic) bond motifs is 1. The minimum atomic E-state index is -3.56. The molecule has 0 spiro atoms. The van der Waals surface area contributed by atoms with Crippen molar-refractivity contribution in [2.75, 3.05) is 4.72 Å². The van der Waals surface area contributed by atoms with E-state index in [-0.39, 0.29) is 0 Å². The van der Waals surface area contributed by atoms with Gasteiger partial charge in [0.2, 0.25) is 0 Å². The van der Waals surface area contributed by atoms with Crippen LogP contribution in [0.25, 0.3) is 10.8 Å². The Balaban J connectivity index is 1.99. The van der Waals surface area contributed by atoms with Crippen LogP contribution in [0.1, 0.15) is 5.56 Å². The molecule has 0 bridgehead atoms. The van der Waals surface area contributed by atoms with E-state index in [0.717, 1.165) is 16.3 Å². The highest BCUT2D eigenvalue weighted by molar-refractivity contribution is 7.92. The van der Waals surface area contributed by atoms with Gasteiger partial charge in [0, 0.05) is 5.69 Å². The standard InChI is InChI=1S/C17H15NO2S/c1-13-6-2-5-9-17(13)21(19,20)18-16-11-10-14-7-3-4-8-15(14)12-16/h2-12,18H,1H3. The smallest absolute Gasteiger partial charge is 0.262 e. The number of benzene rings is 3. The molecule has 0 saturated carbocycles. The molecular weight excluding hydrogens is 282 g/mol. The first-order valence-corrected chi connectivity index (χ1v) is 8.12. The molecule has 106 valence electrons. The molecule has 0 radical (unpaired) electrons. The number of anilines is 1. The van der Waals surface area contributed by atoms with Gasteiger partial charge >= 0.3 is 0 Å². The van der Waals surface area contributed by atoms with Gasteiger partial charge in [-0.2, -0.15) is 0 Å². The summed E-state index contributed by atoms with van der Waals surface area (Å²) in [5.41, 5.74) is 1.29. The first kappa shape index (κ1) is 13.6. The monoisotopic (exact) mass is 297 g/mol. The van der Waals surface area contributed by atoms with Gasteiger partial charge in [-0.3, -0.25) is 4.72 Å². The van der Waals surface area contributed by atoms with Crippen molar-refractivity contribution in [3.05, 3.63) is 72.3 Å². The Bertz CT molecular complexity index is 901. The van der Waals surface area contributed by atoms with Crippen molar-refractivity contribution in [2.45, 2.75) is 11.8 Å². The van der Waals surface area contributed by atoms with Crippen molar-refractivity contribution in [3.8, 4) is 0 Å². The van der Waals surface area contributed by atoms with Gasteiger partial charge in [0.05, 0.1) is 4.90 Å². The number of hydrogen-bond donors (Lipinski definition) is 1. The summed E-state index contributed by atoms with van der Waals surface area (Å²) in [5.74, 6) is 0. The molecule has 0 saturated heterocycles. The fourth-order valence-corrected chi connectivity index (χ4v) is 3.62. The molecule has 0 aromatic heterocycles. The third-order valence-corrected chi connectivity index (χ3v) is 4.93. The van der Waals surface area contributed by atoms with Crippen molar-refractivity contribution in [3.63, 3.8) is 0 Å². The molecule has 3 rings (SSSR count). The van der Waals surface area contributed by atoms with Crippen LogP contribution in [0, 0.1) is 6.92 Å². The minimum absolute atomic E-state index is 0.304. The lowest BCUT2D eigenvalue weighted by Crippen LogP contribution is -2.14. The second-order valence-electron chi connectivity index (χ2n) is 4.93. The maximum Gasteiger partial charge on any atom is 0.262 e. The molecule has 0 aliphatic carbocycles. The van der Waals surface area contributed by atoms with Gasteiger partial charge in [-0.1, -0.05) is 48.5 Å². The Kier molecular flexibility index (Phi) is 3.39. The molecular formula is C17H15NO2S. The van der Waals surface area contributed by atoms with Crippen LogP contribution < -0.4 is 4.72 Å². The summed E-state index contributed by atoms with van der Waals surface area (Å²) < 4.78 is 27.5. The predicted octanol–water partition coefficient (Wildman–Crippen LogP) is 3.95. The van der Waals surface area contributed by atoms with Crippen molar-refractivity contribution in [1.82, 2.24) is 0 Å². The minimum Gasteiger partial charge on any atom is -0.280 e. The summed E-state index contributed by atoms with van der Waals surface area (Å²) in [6.07, 6.45) is 0. The van der Waals surface area contributed by atoms with Gasteiger partial charge in [0.1, 0.15) is 0 Å². The molecule has 0 heterocycles. The zero-order valence-electron chi connectivity index (χ0n) is 11.6. The second-order valence-corrected chi connectivity index (χ2v) is 6.58. The van der Waals surface area contributed by atoms with Crippen LogP contribution in [0.2, 0.25) is 0 Å². The molecule has 3 aromatic carbocycles. The van der Waals surface area contributed by atoms with Gasteiger partial charge in [-0.25, -0.2) is 8.42 Å². The summed E-state index contributed by atoms with van der Waals surface area (Å²) in [4.78, 5) is 0.304. The molecule has 0 unspecified atom stereocenters. The molecule has 0 fully saturated rings. The third kappa shape index (κ3) is 2.76. The molecule has 3 aromatic rings. The summed E-state index contributed by atoms with van der Waals surface area (Å²) in [5, 5.41) is 2.08. The van der Waals surface area contributed by atoms with Crippen LogP contribution in [-0.2, 0) is 10.0 Å². The lowest BCUT2D eigenvalue weighted by molar-refractivity contribution is 0.600. The van der Waals surface area contributed by atoms with E-state index >= 15 is 0 Å². The fourth-order valence-electron chi connectivity index (χ4n) is 2.32. The van der Waals surface area contributed by atoms with Gasteiger partial charge in [0.25, 0.3) is 10.0 Å². The van der Waals surface area contributed by atoms with Gasteiger partial charge in [-0.05, 0) is 41.5 Å². The van der Waals surface area contributed by atoms with E-state index in [1.54, 1.807) is 31.2 Å². The van der Waals surface area contributed by atoms with Crippen LogP contribution in [-0.4, -0.2) is 8.42 Å². The van der Waals surface area contributed by atoms with E-state index in [1.807, 2.05) is 42.5 Å². The summed E-state index contributed by atoms with van der Waals surface area (Å²) in [6.45, 7) is 1.79. The van der Waals surface area contributed by atoms with Gasteiger partial charge in [-0.15, -0.1) is 0 Å². The summed E-state index contributed by atoms with van der Waals surface area (Å²) in [6, 6.07) is 20.3. The van der Waals surface area contributed by atoms with Crippen LogP contribution in [0.4, 0.5) is 5.69 Å². The highest BCUT2D eigenvalue weighted by Crippen LogP contribution is 2.22. The number of sulfonamides is 1. The summed E-state index contributed by atoms with van der Waals surface area (Å²) >= 11 is 0. The van der Waals surface area contributed by atoms with Crippen molar-refractivity contribution in [2.24, 2.45) is 0 Å². The van der Waals surface area contributed by atoms with Crippen molar-refractivity contribution < 1.29 is 8.42 Å². The van der Waals surface area contributed by atoms with Crippen molar-refractivity contribution in [1.29, 1.82) is 0 Å². The highest BCUT2D eigenvalue weighted by Gasteiger charge is 2.16. The molecule has 4 heteroatoms. The lowest BCUT2D eigenvalue weighted by Gasteiger charge is -2.10. The Morgan fingerprint density at radius 2 is 1.48 bits per heavy atom. The summed E-state index contributed by atoms with van der Waals surface area (Å²) in [7, 11) is -3.56. The average molecular weight is 297 g/mol. The predicted molar refractivity (Wildman–Crippen MR) is 85.9 cm³/mol. The van der Waals surface area contributed by atoms with E-state index in [2.05, 4.69) is 4.72 Å². The van der Waals surface area contributed by atoms with Crippen LogP contribution in [0.5, 0.6) is 0 Å². The average Bonchev–Trinajstić information content (AvgIpc) is 2.47. The van der Waals surface area contributed by atoms with E-state index in [1.165, 1.54) is 0 Å². The third-order valence-electron chi connectivity index (χ3n) is 3.38. The topological polar surface area (TPSA) is 46.2 Å². The maximum atomic E-state index is 12.4. The first-order valence-electron chi connectivity index (χ1n) is 6.63. The molecule has 0 atom stereocenters. The van der Waals surface area contributed by atoms with E-state index in [9.17, 15) is 8.42 Å². The van der Waals surface area contributed by atoms with Gasteiger partial charge < -0.3 is 0 Å². The zero-order chi connectivity index (χ0) is 14.9. The second kappa shape index (κ2) is 5.22. The number of rotatable bonds is 3. The maximum absolute atomic E-state index is 12.4. The Hall–Kier alpha value is -2.33. The normalized spacial score (nSPS) is 11.5. The molecule has 0 amide bonds. The highest BCUT2D eigenvalue weighted by atomic mass is 32.2. The van der Waals surface area contributed by atoms with E-state index in [0.29, 0.717) is 10.6 Å². The van der Waals surface area contributed by atoms with Crippen LogP contribution in [0.3, 0.4) is 0 Å². The quantitative estimate of drug-likeness (QED) is 0.795.